The molecule has 25 heavy (non-hydrogen) atoms. The van der Waals surface area contributed by atoms with Gasteiger partial charge in [-0.25, -0.2) is 0 Å². The monoisotopic (exact) mass is 338 g/mol. The third kappa shape index (κ3) is 3.45. The number of methoxy groups -OCH3 is 2. The van der Waals surface area contributed by atoms with Crippen LogP contribution in [0.4, 0.5) is 5.69 Å². The smallest absolute Gasteiger partial charge is 0.277 e. The fraction of sp³-hybridized carbons (Fsp3) is 0.167. The Balaban J connectivity index is 1.82. The molecule has 0 saturated heterocycles. The standard InChI is InChI=1S/C18H18N4O3/c1-12-9-16(24-2)17(25-3)10-14(12)20-18(23)15-11-19-22(21-15)13-7-5-4-6-8-13/h4-11H,1-3H3,(H,20,23). The molecule has 0 unspecified atom stereocenters. The summed E-state index contributed by atoms with van der Waals surface area (Å²) < 4.78 is 10.5. The lowest BCUT2D eigenvalue weighted by Crippen LogP contribution is -2.14. The molecule has 1 aromatic heterocycles. The Hall–Kier alpha value is -3.35. The zero-order valence-corrected chi connectivity index (χ0v) is 14.2. The molecule has 128 valence electrons. The average Bonchev–Trinajstić information content (AvgIpc) is 3.14. The molecule has 0 aliphatic carbocycles. The number of rotatable bonds is 5. The van der Waals surface area contributed by atoms with Crippen molar-refractivity contribution in [2.24, 2.45) is 0 Å². The second-order valence-electron chi connectivity index (χ2n) is 5.33. The minimum Gasteiger partial charge on any atom is -0.493 e. The second kappa shape index (κ2) is 7.04. The van der Waals surface area contributed by atoms with E-state index < -0.39 is 0 Å². The second-order valence-corrected chi connectivity index (χ2v) is 5.33. The van der Waals surface area contributed by atoms with E-state index in [0.717, 1.165) is 11.3 Å². The van der Waals surface area contributed by atoms with Crippen LogP contribution >= 0.6 is 0 Å². The van der Waals surface area contributed by atoms with Crippen LogP contribution < -0.4 is 14.8 Å². The minimum absolute atomic E-state index is 0.220. The maximum absolute atomic E-state index is 12.5. The van der Waals surface area contributed by atoms with Crippen molar-refractivity contribution >= 4 is 11.6 Å². The molecule has 7 nitrogen and oxygen atoms in total. The summed E-state index contributed by atoms with van der Waals surface area (Å²) in [6.07, 6.45) is 1.43. The summed E-state index contributed by atoms with van der Waals surface area (Å²) in [5, 5.41) is 11.2. The molecule has 0 spiro atoms. The normalized spacial score (nSPS) is 10.4. The van der Waals surface area contributed by atoms with E-state index in [1.807, 2.05) is 37.3 Å². The number of ether oxygens (including phenoxy) is 2. The van der Waals surface area contributed by atoms with Crippen LogP contribution in [0, 0.1) is 6.92 Å². The molecule has 0 bridgehead atoms. The molecule has 7 heteroatoms. The minimum atomic E-state index is -0.350. The lowest BCUT2D eigenvalue weighted by molar-refractivity contribution is 0.102. The first-order valence-corrected chi connectivity index (χ1v) is 7.64. The van der Waals surface area contributed by atoms with E-state index in [2.05, 4.69) is 15.5 Å². The summed E-state index contributed by atoms with van der Waals surface area (Å²) in [4.78, 5) is 13.9. The molecule has 0 aliphatic rings. The molecule has 0 aliphatic heterocycles. The SMILES string of the molecule is COc1cc(C)c(NC(=O)c2cnn(-c3ccccc3)n2)cc1OC. The topological polar surface area (TPSA) is 78.3 Å². The Bertz CT molecular complexity index is 891. The first kappa shape index (κ1) is 16.5. The Morgan fingerprint density at radius 3 is 2.44 bits per heavy atom. The summed E-state index contributed by atoms with van der Waals surface area (Å²) >= 11 is 0. The predicted octanol–water partition coefficient (Wildman–Crippen LogP) is 2.85. The number of amides is 1. The van der Waals surface area contributed by atoms with Gasteiger partial charge < -0.3 is 14.8 Å². The van der Waals surface area contributed by atoms with E-state index in [-0.39, 0.29) is 11.6 Å². The third-order valence-corrected chi connectivity index (χ3v) is 3.69. The molecule has 1 N–H and O–H groups in total. The largest absolute Gasteiger partial charge is 0.493 e. The number of anilines is 1. The maximum atomic E-state index is 12.5. The Labute approximate surface area is 145 Å². The molecular formula is C18H18N4O3. The van der Waals surface area contributed by atoms with Crippen LogP contribution in [0.2, 0.25) is 0 Å². The fourth-order valence-corrected chi connectivity index (χ4v) is 2.35. The Kier molecular flexibility index (Phi) is 4.65. The Morgan fingerprint density at radius 1 is 1.08 bits per heavy atom. The molecule has 2 aromatic carbocycles. The van der Waals surface area contributed by atoms with Crippen molar-refractivity contribution in [2.75, 3.05) is 19.5 Å². The maximum Gasteiger partial charge on any atom is 0.277 e. The number of hydrogen-bond acceptors (Lipinski definition) is 5. The number of para-hydroxylation sites is 1. The highest BCUT2D eigenvalue weighted by atomic mass is 16.5. The van der Waals surface area contributed by atoms with Crippen molar-refractivity contribution in [1.29, 1.82) is 0 Å². The summed E-state index contributed by atoms with van der Waals surface area (Å²) in [5.74, 6) is 0.793. The van der Waals surface area contributed by atoms with Crippen LogP contribution in [-0.4, -0.2) is 35.1 Å². The van der Waals surface area contributed by atoms with E-state index in [4.69, 9.17) is 9.47 Å². The van der Waals surface area contributed by atoms with Crippen LogP contribution in [-0.2, 0) is 0 Å². The zero-order chi connectivity index (χ0) is 17.8. The number of nitrogens with one attached hydrogen (secondary N) is 1. The van der Waals surface area contributed by atoms with E-state index >= 15 is 0 Å². The molecular weight excluding hydrogens is 320 g/mol. The molecule has 3 aromatic rings. The van der Waals surface area contributed by atoms with Crippen molar-refractivity contribution < 1.29 is 14.3 Å². The summed E-state index contributed by atoms with van der Waals surface area (Å²) in [5.41, 5.74) is 2.47. The van der Waals surface area contributed by atoms with Gasteiger partial charge in [-0.05, 0) is 30.7 Å². The van der Waals surface area contributed by atoms with Crippen LogP contribution in [0.5, 0.6) is 11.5 Å². The van der Waals surface area contributed by atoms with Crippen molar-refractivity contribution in [2.45, 2.75) is 6.92 Å². The van der Waals surface area contributed by atoms with Crippen molar-refractivity contribution in [3.8, 4) is 17.2 Å². The van der Waals surface area contributed by atoms with Gasteiger partial charge in [-0.3, -0.25) is 4.79 Å². The number of aromatic nitrogens is 3. The van der Waals surface area contributed by atoms with Gasteiger partial charge in [0.1, 0.15) is 0 Å². The van der Waals surface area contributed by atoms with Crippen LogP contribution in [0.25, 0.3) is 5.69 Å². The van der Waals surface area contributed by atoms with Gasteiger partial charge in [0.25, 0.3) is 5.91 Å². The third-order valence-electron chi connectivity index (χ3n) is 3.69. The van der Waals surface area contributed by atoms with Gasteiger partial charge >= 0.3 is 0 Å². The van der Waals surface area contributed by atoms with Gasteiger partial charge in [0.15, 0.2) is 17.2 Å². The van der Waals surface area contributed by atoms with E-state index in [0.29, 0.717) is 17.2 Å². The van der Waals surface area contributed by atoms with Gasteiger partial charge in [0.2, 0.25) is 0 Å². The van der Waals surface area contributed by atoms with E-state index in [1.165, 1.54) is 11.0 Å². The van der Waals surface area contributed by atoms with Gasteiger partial charge in [0, 0.05) is 11.8 Å². The first-order chi connectivity index (χ1) is 12.1. The van der Waals surface area contributed by atoms with Gasteiger partial charge in [-0.1, -0.05) is 18.2 Å². The molecule has 3 rings (SSSR count). The number of carbonyl (C=O) groups excluding carboxylic acids is 1. The molecule has 1 amide bonds. The summed E-state index contributed by atoms with van der Waals surface area (Å²) in [7, 11) is 3.11. The highest BCUT2D eigenvalue weighted by Gasteiger charge is 2.15. The van der Waals surface area contributed by atoms with Crippen LogP contribution in [0.3, 0.4) is 0 Å². The number of aryl methyl sites for hydroxylation is 1. The predicted molar refractivity (Wildman–Crippen MR) is 93.6 cm³/mol. The molecule has 0 saturated carbocycles. The zero-order valence-electron chi connectivity index (χ0n) is 14.2. The fourth-order valence-electron chi connectivity index (χ4n) is 2.35. The van der Waals surface area contributed by atoms with Crippen molar-refractivity contribution in [1.82, 2.24) is 15.0 Å². The molecule has 0 fully saturated rings. The lowest BCUT2D eigenvalue weighted by Gasteiger charge is -2.13. The molecule has 0 atom stereocenters. The van der Waals surface area contributed by atoms with Crippen LogP contribution in [0.1, 0.15) is 16.1 Å². The number of carbonyl (C=O) groups is 1. The Morgan fingerprint density at radius 2 is 1.76 bits per heavy atom. The van der Waals surface area contributed by atoms with Crippen molar-refractivity contribution in [3.05, 3.63) is 59.9 Å². The van der Waals surface area contributed by atoms with Gasteiger partial charge in [-0.2, -0.15) is 9.90 Å². The highest BCUT2D eigenvalue weighted by molar-refractivity contribution is 6.03. The van der Waals surface area contributed by atoms with Gasteiger partial charge in [-0.15, -0.1) is 5.10 Å². The highest BCUT2D eigenvalue weighted by Crippen LogP contribution is 2.33. The van der Waals surface area contributed by atoms with Crippen LogP contribution in [0.15, 0.2) is 48.7 Å². The molecule has 0 radical (unpaired) electrons. The number of nitrogens with zero attached hydrogens (tertiary/aromatic N) is 3. The average molecular weight is 338 g/mol. The number of hydrogen-bond donors (Lipinski definition) is 1. The number of benzene rings is 2. The molecule has 1 heterocycles. The van der Waals surface area contributed by atoms with E-state index in [9.17, 15) is 4.79 Å². The van der Waals surface area contributed by atoms with E-state index in [1.54, 1.807) is 26.4 Å². The van der Waals surface area contributed by atoms with Gasteiger partial charge in [0.05, 0.1) is 26.1 Å². The summed E-state index contributed by atoms with van der Waals surface area (Å²) in [6.45, 7) is 1.87. The first-order valence-electron chi connectivity index (χ1n) is 7.64. The lowest BCUT2D eigenvalue weighted by atomic mass is 10.1. The quantitative estimate of drug-likeness (QED) is 0.774. The van der Waals surface area contributed by atoms with Crippen molar-refractivity contribution in [3.63, 3.8) is 0 Å². The summed E-state index contributed by atoms with van der Waals surface area (Å²) in [6, 6.07) is 12.9.